The van der Waals surface area contributed by atoms with Gasteiger partial charge in [-0.15, -0.1) is 0 Å². The molecule has 0 radical (unpaired) electrons. The summed E-state index contributed by atoms with van der Waals surface area (Å²) in [5.41, 5.74) is 2.69. The number of hydrogen-bond donors (Lipinski definition) is 1. The van der Waals surface area contributed by atoms with Crippen molar-refractivity contribution in [3.63, 3.8) is 0 Å². The van der Waals surface area contributed by atoms with E-state index in [4.69, 9.17) is 4.74 Å². The maximum Gasteiger partial charge on any atom is 0.257 e. The van der Waals surface area contributed by atoms with E-state index in [-0.39, 0.29) is 11.8 Å². The van der Waals surface area contributed by atoms with Gasteiger partial charge in [0.2, 0.25) is 5.91 Å². The summed E-state index contributed by atoms with van der Waals surface area (Å²) in [6.07, 6.45) is 3.51. The molecule has 1 N–H and O–H groups in total. The van der Waals surface area contributed by atoms with Gasteiger partial charge in [-0.1, -0.05) is 29.8 Å². The zero-order valence-electron chi connectivity index (χ0n) is 17.5. The molecule has 4 rings (SSSR count). The second-order valence-corrected chi connectivity index (χ2v) is 8.50. The lowest BCUT2D eigenvalue weighted by Gasteiger charge is -2.54. The second-order valence-electron chi connectivity index (χ2n) is 8.50. The van der Waals surface area contributed by atoms with Crippen molar-refractivity contribution in [3.05, 3.63) is 52.8 Å². The van der Waals surface area contributed by atoms with E-state index in [9.17, 15) is 9.59 Å². The van der Waals surface area contributed by atoms with Gasteiger partial charge in [0.1, 0.15) is 5.54 Å². The highest BCUT2D eigenvalue weighted by molar-refractivity contribution is 5.96. The first kappa shape index (κ1) is 19.6. The van der Waals surface area contributed by atoms with Crippen molar-refractivity contribution in [1.82, 2.24) is 20.0 Å². The molecular weight excluding hydrogens is 368 g/mol. The van der Waals surface area contributed by atoms with Crippen molar-refractivity contribution in [2.75, 3.05) is 13.1 Å². The quantitative estimate of drug-likeness (QED) is 0.811. The Morgan fingerprint density at radius 2 is 1.97 bits per heavy atom. The van der Waals surface area contributed by atoms with Gasteiger partial charge in [-0.3, -0.25) is 14.3 Å². The van der Waals surface area contributed by atoms with Gasteiger partial charge < -0.3 is 15.0 Å². The summed E-state index contributed by atoms with van der Waals surface area (Å²) < 4.78 is 8.03. The Morgan fingerprint density at radius 1 is 1.24 bits per heavy atom. The smallest absolute Gasteiger partial charge is 0.257 e. The molecule has 29 heavy (non-hydrogen) atoms. The number of aromatic nitrogens is 2. The van der Waals surface area contributed by atoms with Crippen LogP contribution in [0, 0.1) is 13.8 Å². The number of ether oxygens (including phenoxy) is 1. The lowest BCUT2D eigenvalue weighted by atomic mass is 9.80. The fourth-order valence-corrected chi connectivity index (χ4v) is 4.44. The Bertz CT molecular complexity index is 955. The van der Waals surface area contributed by atoms with E-state index < -0.39 is 11.1 Å². The van der Waals surface area contributed by atoms with Crippen molar-refractivity contribution in [1.29, 1.82) is 0 Å². The first-order valence-electron chi connectivity index (χ1n) is 10.0. The molecule has 1 saturated heterocycles. The van der Waals surface area contributed by atoms with Crippen molar-refractivity contribution in [2.24, 2.45) is 7.05 Å². The number of likely N-dealkylation sites (tertiary alicyclic amines) is 1. The number of carbonyl (C=O) groups is 2. The minimum Gasteiger partial charge on any atom is -0.368 e. The van der Waals surface area contributed by atoms with Gasteiger partial charge in [0, 0.05) is 33.3 Å². The van der Waals surface area contributed by atoms with Gasteiger partial charge >= 0.3 is 0 Å². The third-order valence-corrected chi connectivity index (χ3v) is 6.04. The first-order valence-corrected chi connectivity index (χ1v) is 10.0. The van der Waals surface area contributed by atoms with Crippen LogP contribution in [-0.2, 0) is 23.2 Å². The van der Waals surface area contributed by atoms with Crippen molar-refractivity contribution in [3.8, 4) is 0 Å². The Hall–Kier alpha value is -2.67. The molecule has 2 heterocycles. The molecule has 2 aromatic rings. The lowest BCUT2D eigenvalue weighted by molar-refractivity contribution is -0.135. The number of carbonyl (C=O) groups excluding carboxylic acids is 2. The predicted octanol–water partition coefficient (Wildman–Crippen LogP) is 2.12. The average Bonchev–Trinajstić information content (AvgIpc) is 3.34. The van der Waals surface area contributed by atoms with E-state index in [0.29, 0.717) is 31.0 Å². The molecule has 2 amide bonds. The third kappa shape index (κ3) is 3.55. The number of rotatable bonds is 6. The highest BCUT2D eigenvalue weighted by Crippen LogP contribution is 2.52. The van der Waals surface area contributed by atoms with Crippen molar-refractivity contribution in [2.45, 2.75) is 51.4 Å². The number of aryl methyl sites for hydroxylation is 3. The zero-order valence-corrected chi connectivity index (χ0v) is 17.5. The summed E-state index contributed by atoms with van der Waals surface area (Å²) in [4.78, 5) is 26.7. The van der Waals surface area contributed by atoms with E-state index in [2.05, 4.69) is 35.5 Å². The molecule has 154 valence electrons. The van der Waals surface area contributed by atoms with Crippen LogP contribution in [0.3, 0.4) is 0 Å². The number of amides is 2. The van der Waals surface area contributed by atoms with E-state index in [1.54, 1.807) is 22.8 Å². The van der Waals surface area contributed by atoms with Crippen LogP contribution in [0.2, 0.25) is 0 Å². The van der Waals surface area contributed by atoms with Gasteiger partial charge in [-0.25, -0.2) is 0 Å². The van der Waals surface area contributed by atoms with Crippen LogP contribution in [0.4, 0.5) is 0 Å². The normalized spacial score (nSPS) is 18.8. The molecule has 2 aliphatic rings. The van der Waals surface area contributed by atoms with Crippen LogP contribution in [0.1, 0.15) is 46.9 Å². The zero-order chi connectivity index (χ0) is 20.8. The van der Waals surface area contributed by atoms with Crippen LogP contribution in [0.15, 0.2) is 30.5 Å². The standard InChI is InChI=1S/C22H28N4O3/c1-15-6-5-7-18(10-15)12-29-22(8-9-22)21(23-17(3)27)13-26(14-21)20(28)19-11-25(4)24-16(19)2/h5-7,10-11H,8-9,12-14H2,1-4H3,(H,23,27). The van der Waals surface area contributed by atoms with Gasteiger partial charge in [0.25, 0.3) is 5.91 Å². The summed E-state index contributed by atoms with van der Waals surface area (Å²) >= 11 is 0. The molecule has 1 aromatic carbocycles. The molecule has 7 nitrogen and oxygen atoms in total. The molecule has 0 bridgehead atoms. The molecule has 2 fully saturated rings. The van der Waals surface area contributed by atoms with Crippen LogP contribution in [0.25, 0.3) is 0 Å². The van der Waals surface area contributed by atoms with E-state index in [1.807, 2.05) is 13.0 Å². The van der Waals surface area contributed by atoms with Gasteiger partial charge in [-0.05, 0) is 32.3 Å². The Kier molecular flexibility index (Phi) is 4.73. The molecule has 0 spiro atoms. The minimum absolute atomic E-state index is 0.0499. The second kappa shape index (κ2) is 6.99. The number of nitrogens with zero attached hydrogens (tertiary/aromatic N) is 3. The maximum atomic E-state index is 12.9. The molecule has 1 saturated carbocycles. The summed E-state index contributed by atoms with van der Waals surface area (Å²) in [5.74, 6) is -0.147. The van der Waals surface area contributed by atoms with Gasteiger partial charge in [-0.2, -0.15) is 5.10 Å². The minimum atomic E-state index is -0.533. The summed E-state index contributed by atoms with van der Waals surface area (Å²) in [5, 5.41) is 7.38. The predicted molar refractivity (Wildman–Crippen MR) is 108 cm³/mol. The molecule has 7 heteroatoms. The largest absolute Gasteiger partial charge is 0.368 e. The summed E-state index contributed by atoms with van der Waals surface area (Å²) in [6, 6.07) is 8.25. The molecule has 1 aromatic heterocycles. The van der Waals surface area contributed by atoms with E-state index >= 15 is 0 Å². The molecule has 0 atom stereocenters. The molecule has 1 aliphatic heterocycles. The molecule has 1 aliphatic carbocycles. The Morgan fingerprint density at radius 3 is 2.52 bits per heavy atom. The van der Waals surface area contributed by atoms with Crippen LogP contribution in [0.5, 0.6) is 0 Å². The third-order valence-electron chi connectivity index (χ3n) is 6.04. The van der Waals surface area contributed by atoms with Crippen LogP contribution < -0.4 is 5.32 Å². The van der Waals surface area contributed by atoms with Gasteiger partial charge in [0.15, 0.2) is 0 Å². The SMILES string of the molecule is CC(=O)NC1(C2(OCc3cccc(C)c3)CC2)CN(C(=O)c2cn(C)nc2C)C1. The maximum absolute atomic E-state index is 12.9. The molecular formula is C22H28N4O3. The highest BCUT2D eigenvalue weighted by Gasteiger charge is 2.67. The monoisotopic (exact) mass is 396 g/mol. The van der Waals surface area contributed by atoms with E-state index in [1.165, 1.54) is 12.5 Å². The highest BCUT2D eigenvalue weighted by atomic mass is 16.5. The van der Waals surface area contributed by atoms with Crippen molar-refractivity contribution >= 4 is 11.8 Å². The van der Waals surface area contributed by atoms with Gasteiger partial charge in [0.05, 0.1) is 23.5 Å². The Balaban J connectivity index is 1.49. The average molecular weight is 396 g/mol. The summed E-state index contributed by atoms with van der Waals surface area (Å²) in [7, 11) is 1.81. The van der Waals surface area contributed by atoms with Crippen molar-refractivity contribution < 1.29 is 14.3 Å². The lowest BCUT2D eigenvalue weighted by Crippen LogP contribution is -2.77. The van der Waals surface area contributed by atoms with Crippen LogP contribution in [-0.4, -0.2) is 50.7 Å². The fourth-order valence-electron chi connectivity index (χ4n) is 4.44. The fraction of sp³-hybridized carbons (Fsp3) is 0.500. The number of benzene rings is 1. The number of nitrogens with one attached hydrogen (secondary N) is 1. The van der Waals surface area contributed by atoms with E-state index in [0.717, 1.165) is 18.4 Å². The van der Waals surface area contributed by atoms with Crippen LogP contribution >= 0.6 is 0 Å². The first-order chi connectivity index (χ1) is 13.7. The topological polar surface area (TPSA) is 76.5 Å². The molecule has 0 unspecified atom stereocenters. The summed E-state index contributed by atoms with van der Waals surface area (Å²) in [6.45, 7) is 6.82. The Labute approximate surface area is 171 Å². The number of hydrogen-bond acceptors (Lipinski definition) is 4.